The van der Waals surface area contributed by atoms with Crippen LogP contribution in [0.25, 0.3) is 0 Å². The molecule has 160 valence electrons. The van der Waals surface area contributed by atoms with Crippen LogP contribution < -0.4 is 5.32 Å². The second-order valence-electron chi connectivity index (χ2n) is 6.96. The second kappa shape index (κ2) is 10.9. The van der Waals surface area contributed by atoms with E-state index >= 15 is 0 Å². The Morgan fingerprint density at radius 2 is 1.93 bits per heavy atom. The molecule has 0 aromatic rings. The molecule has 6 nitrogen and oxygen atoms in total. The van der Waals surface area contributed by atoms with E-state index < -0.39 is 33.6 Å². The lowest BCUT2D eigenvalue weighted by atomic mass is 9.99. The van der Waals surface area contributed by atoms with Crippen molar-refractivity contribution in [3.63, 3.8) is 0 Å². The standard InChI is InChI=1S/C18H26Cl4N2O4/c1-5-15(25)23-12(7-11(3)18(20,21)22)17(27)24-13(6-10(2)9-19)14(28-4)8-16(24)26/h8,10-13H,5-7,9H2,1-4H3,(H,23,25). The smallest absolute Gasteiger partial charge is 0.257 e. The summed E-state index contributed by atoms with van der Waals surface area (Å²) in [4.78, 5) is 38.8. The number of alkyl halides is 4. The number of halogens is 4. The van der Waals surface area contributed by atoms with E-state index in [4.69, 9.17) is 51.1 Å². The van der Waals surface area contributed by atoms with E-state index in [-0.39, 0.29) is 24.7 Å². The fourth-order valence-corrected chi connectivity index (χ4v) is 3.26. The normalized spacial score (nSPS) is 20.4. The maximum atomic E-state index is 13.3. The lowest BCUT2D eigenvalue weighted by Crippen LogP contribution is -2.53. The van der Waals surface area contributed by atoms with Crippen LogP contribution >= 0.6 is 46.4 Å². The number of carbonyl (C=O) groups excluding carboxylic acids is 3. The van der Waals surface area contributed by atoms with Gasteiger partial charge in [0.2, 0.25) is 5.91 Å². The van der Waals surface area contributed by atoms with Gasteiger partial charge >= 0.3 is 0 Å². The van der Waals surface area contributed by atoms with Gasteiger partial charge in [-0.15, -0.1) is 11.6 Å². The number of ether oxygens (including phenoxy) is 1. The van der Waals surface area contributed by atoms with Gasteiger partial charge in [-0.1, -0.05) is 55.6 Å². The van der Waals surface area contributed by atoms with Crippen molar-refractivity contribution in [1.82, 2.24) is 10.2 Å². The minimum absolute atomic E-state index is 0.0372. The number of hydrogen-bond donors (Lipinski definition) is 1. The van der Waals surface area contributed by atoms with Crippen molar-refractivity contribution in [3.05, 3.63) is 11.8 Å². The number of methoxy groups -OCH3 is 1. The predicted octanol–water partition coefficient (Wildman–Crippen LogP) is 3.81. The summed E-state index contributed by atoms with van der Waals surface area (Å²) in [6.07, 6.45) is 1.95. The van der Waals surface area contributed by atoms with Crippen LogP contribution in [0.1, 0.15) is 40.0 Å². The molecule has 10 heteroatoms. The van der Waals surface area contributed by atoms with Crippen LogP contribution in [0.5, 0.6) is 0 Å². The molecule has 0 fully saturated rings. The molecule has 0 spiro atoms. The molecule has 0 bridgehead atoms. The maximum absolute atomic E-state index is 13.3. The molecule has 0 radical (unpaired) electrons. The van der Waals surface area contributed by atoms with Gasteiger partial charge in [-0.05, 0) is 18.8 Å². The lowest BCUT2D eigenvalue weighted by molar-refractivity contribution is -0.146. The van der Waals surface area contributed by atoms with Crippen molar-refractivity contribution in [2.45, 2.75) is 55.9 Å². The van der Waals surface area contributed by atoms with Gasteiger partial charge in [0.1, 0.15) is 11.8 Å². The number of amides is 3. The Morgan fingerprint density at radius 3 is 2.39 bits per heavy atom. The molecule has 1 N–H and O–H groups in total. The summed E-state index contributed by atoms with van der Waals surface area (Å²) in [5.74, 6) is -1.18. The van der Waals surface area contributed by atoms with Crippen molar-refractivity contribution in [2.75, 3.05) is 13.0 Å². The van der Waals surface area contributed by atoms with Crippen LogP contribution in [0.2, 0.25) is 0 Å². The highest BCUT2D eigenvalue weighted by Crippen LogP contribution is 2.38. The number of nitrogens with zero attached hydrogens (tertiary/aromatic N) is 1. The second-order valence-corrected chi connectivity index (χ2v) is 9.64. The van der Waals surface area contributed by atoms with Gasteiger partial charge in [0, 0.05) is 24.3 Å². The molecular formula is C18H26Cl4N2O4. The first-order valence-corrected chi connectivity index (χ1v) is 10.7. The third-order valence-corrected chi connectivity index (χ3v) is 6.25. The van der Waals surface area contributed by atoms with E-state index in [1.807, 2.05) is 6.92 Å². The quantitative estimate of drug-likeness (QED) is 0.514. The average molecular weight is 476 g/mol. The highest BCUT2D eigenvalue weighted by atomic mass is 35.6. The van der Waals surface area contributed by atoms with Crippen molar-refractivity contribution < 1.29 is 19.1 Å². The van der Waals surface area contributed by atoms with Crippen LogP contribution in [-0.4, -0.2) is 51.5 Å². The van der Waals surface area contributed by atoms with E-state index in [9.17, 15) is 14.4 Å². The molecule has 0 saturated carbocycles. The minimum atomic E-state index is -1.62. The fraction of sp³-hybridized carbons (Fsp3) is 0.722. The summed E-state index contributed by atoms with van der Waals surface area (Å²) < 4.78 is 3.67. The molecule has 28 heavy (non-hydrogen) atoms. The molecule has 3 amide bonds. The Balaban J connectivity index is 3.15. The Hall–Kier alpha value is -0.690. The first-order chi connectivity index (χ1) is 13.0. The molecular weight excluding hydrogens is 450 g/mol. The number of rotatable bonds is 9. The number of nitrogens with one attached hydrogen (secondary N) is 1. The molecule has 1 aliphatic rings. The Morgan fingerprint density at radius 1 is 1.32 bits per heavy atom. The van der Waals surface area contributed by atoms with E-state index in [1.165, 1.54) is 13.2 Å². The topological polar surface area (TPSA) is 75.7 Å². The van der Waals surface area contributed by atoms with Gasteiger partial charge in [-0.2, -0.15) is 0 Å². The minimum Gasteiger partial charge on any atom is -0.499 e. The van der Waals surface area contributed by atoms with Gasteiger partial charge in [0.25, 0.3) is 11.8 Å². The van der Waals surface area contributed by atoms with Crippen LogP contribution in [0.4, 0.5) is 0 Å². The monoisotopic (exact) mass is 474 g/mol. The highest BCUT2D eigenvalue weighted by molar-refractivity contribution is 6.67. The molecule has 4 atom stereocenters. The zero-order valence-electron chi connectivity index (χ0n) is 16.3. The van der Waals surface area contributed by atoms with E-state index in [1.54, 1.807) is 13.8 Å². The third-order valence-electron chi connectivity index (χ3n) is 4.61. The molecule has 0 aromatic heterocycles. The first kappa shape index (κ1) is 25.3. The Bertz CT molecular complexity index is 621. The molecule has 1 aliphatic heterocycles. The maximum Gasteiger partial charge on any atom is 0.257 e. The third kappa shape index (κ3) is 6.68. The van der Waals surface area contributed by atoms with Crippen molar-refractivity contribution in [3.8, 4) is 0 Å². The Kier molecular flexibility index (Phi) is 9.87. The average Bonchev–Trinajstić information content (AvgIpc) is 2.94. The van der Waals surface area contributed by atoms with Gasteiger partial charge in [-0.3, -0.25) is 19.3 Å². The zero-order chi connectivity index (χ0) is 21.6. The van der Waals surface area contributed by atoms with Crippen molar-refractivity contribution in [1.29, 1.82) is 0 Å². The Labute approximate surface area is 185 Å². The SMILES string of the molecule is CCC(=O)NC(CC(C)C(Cl)(Cl)Cl)C(=O)N1C(=O)C=C(OC)C1CC(C)CCl. The van der Waals surface area contributed by atoms with E-state index in [0.717, 1.165) is 4.90 Å². The van der Waals surface area contributed by atoms with Crippen molar-refractivity contribution >= 4 is 64.1 Å². The first-order valence-electron chi connectivity index (χ1n) is 9.00. The molecule has 0 aliphatic carbocycles. The molecule has 0 aromatic carbocycles. The molecule has 1 rings (SSSR count). The van der Waals surface area contributed by atoms with E-state index in [2.05, 4.69) is 5.32 Å². The van der Waals surface area contributed by atoms with Crippen LogP contribution in [0.3, 0.4) is 0 Å². The summed E-state index contributed by atoms with van der Waals surface area (Å²) in [7, 11) is 1.44. The fourth-order valence-electron chi connectivity index (χ4n) is 2.86. The highest BCUT2D eigenvalue weighted by Gasteiger charge is 2.43. The zero-order valence-corrected chi connectivity index (χ0v) is 19.3. The summed E-state index contributed by atoms with van der Waals surface area (Å²) in [5.41, 5.74) is 0. The number of hydrogen-bond acceptors (Lipinski definition) is 4. The summed E-state index contributed by atoms with van der Waals surface area (Å²) in [5, 5.41) is 2.64. The van der Waals surface area contributed by atoms with Crippen molar-refractivity contribution in [2.24, 2.45) is 11.8 Å². The lowest BCUT2D eigenvalue weighted by Gasteiger charge is -2.32. The number of imide groups is 1. The predicted molar refractivity (Wildman–Crippen MR) is 112 cm³/mol. The van der Waals surface area contributed by atoms with Gasteiger partial charge in [0.05, 0.1) is 13.2 Å². The molecule has 1 heterocycles. The van der Waals surface area contributed by atoms with Gasteiger partial charge in [0.15, 0.2) is 3.79 Å². The van der Waals surface area contributed by atoms with Crippen LogP contribution in [0, 0.1) is 11.8 Å². The largest absolute Gasteiger partial charge is 0.499 e. The van der Waals surface area contributed by atoms with Gasteiger partial charge in [-0.25, -0.2) is 0 Å². The molecule has 0 saturated heterocycles. The van der Waals surface area contributed by atoms with Crippen LogP contribution in [-0.2, 0) is 19.1 Å². The molecule has 4 unspecified atom stereocenters. The summed E-state index contributed by atoms with van der Waals surface area (Å²) in [6.45, 7) is 5.22. The van der Waals surface area contributed by atoms with E-state index in [0.29, 0.717) is 18.1 Å². The number of carbonyl (C=O) groups is 3. The summed E-state index contributed by atoms with van der Waals surface area (Å²) >= 11 is 23.7. The summed E-state index contributed by atoms with van der Waals surface area (Å²) in [6, 6.07) is -1.61. The van der Waals surface area contributed by atoms with Gasteiger partial charge < -0.3 is 10.1 Å². The van der Waals surface area contributed by atoms with Crippen LogP contribution in [0.15, 0.2) is 11.8 Å².